The summed E-state index contributed by atoms with van der Waals surface area (Å²) < 4.78 is 0. The SMILES string of the molecule is CC(=O)N1CCc2cc(NC(=O)Nc3cccc4cccnc34)ccc21. The molecule has 2 N–H and O–H groups in total. The Hall–Kier alpha value is -3.41. The molecule has 4 rings (SSSR count). The lowest BCUT2D eigenvalue weighted by Gasteiger charge is -2.15. The van der Waals surface area contributed by atoms with Gasteiger partial charge in [-0.1, -0.05) is 18.2 Å². The van der Waals surface area contributed by atoms with Gasteiger partial charge in [-0.25, -0.2) is 4.79 Å². The average molecular weight is 346 g/mol. The highest BCUT2D eigenvalue weighted by molar-refractivity contribution is 6.05. The van der Waals surface area contributed by atoms with E-state index in [2.05, 4.69) is 15.6 Å². The lowest BCUT2D eigenvalue weighted by molar-refractivity contribution is -0.116. The normalized spacial score (nSPS) is 12.7. The second-order valence-electron chi connectivity index (χ2n) is 6.22. The molecule has 1 aliphatic rings. The minimum Gasteiger partial charge on any atom is -0.312 e. The molecule has 6 heteroatoms. The van der Waals surface area contributed by atoms with Crippen LogP contribution in [0.5, 0.6) is 0 Å². The first-order valence-corrected chi connectivity index (χ1v) is 8.44. The average Bonchev–Trinajstić information content (AvgIpc) is 3.05. The summed E-state index contributed by atoms with van der Waals surface area (Å²) in [4.78, 5) is 30.1. The fourth-order valence-corrected chi connectivity index (χ4v) is 3.30. The molecule has 0 saturated carbocycles. The Morgan fingerprint density at radius 3 is 2.77 bits per heavy atom. The van der Waals surface area contributed by atoms with E-state index in [4.69, 9.17) is 0 Å². The molecule has 0 radical (unpaired) electrons. The molecule has 0 atom stereocenters. The lowest BCUT2D eigenvalue weighted by Crippen LogP contribution is -2.25. The van der Waals surface area contributed by atoms with Crippen molar-refractivity contribution in [3.8, 4) is 0 Å². The zero-order valence-corrected chi connectivity index (χ0v) is 14.3. The summed E-state index contributed by atoms with van der Waals surface area (Å²) in [5.74, 6) is 0.0330. The minimum absolute atomic E-state index is 0.0330. The number of benzene rings is 2. The number of nitrogens with zero attached hydrogens (tertiary/aromatic N) is 2. The Labute approximate surface area is 150 Å². The van der Waals surface area contributed by atoms with Crippen LogP contribution in [0.3, 0.4) is 0 Å². The van der Waals surface area contributed by atoms with Crippen LogP contribution < -0.4 is 15.5 Å². The number of hydrogen-bond donors (Lipinski definition) is 2. The zero-order chi connectivity index (χ0) is 18.1. The van der Waals surface area contributed by atoms with Crippen LogP contribution in [0.25, 0.3) is 10.9 Å². The molecule has 3 aromatic rings. The number of carbonyl (C=O) groups is 2. The predicted octanol–water partition coefficient (Wildman–Crippen LogP) is 3.79. The molecule has 0 bridgehead atoms. The van der Waals surface area contributed by atoms with E-state index in [1.54, 1.807) is 24.1 Å². The molecular formula is C20H18N4O2. The van der Waals surface area contributed by atoms with Crippen molar-refractivity contribution in [3.63, 3.8) is 0 Å². The van der Waals surface area contributed by atoms with Crippen LogP contribution in [0.2, 0.25) is 0 Å². The Morgan fingerprint density at radius 2 is 1.92 bits per heavy atom. The molecule has 2 aromatic carbocycles. The van der Waals surface area contributed by atoms with Crippen molar-refractivity contribution < 1.29 is 9.59 Å². The lowest BCUT2D eigenvalue weighted by atomic mass is 10.1. The van der Waals surface area contributed by atoms with E-state index < -0.39 is 0 Å². The molecule has 0 fully saturated rings. The van der Waals surface area contributed by atoms with Crippen LogP contribution in [0, 0.1) is 0 Å². The van der Waals surface area contributed by atoms with E-state index >= 15 is 0 Å². The standard InChI is InChI=1S/C20H18N4O2/c1-13(25)24-11-9-15-12-16(7-8-18(15)24)22-20(26)23-17-6-2-4-14-5-3-10-21-19(14)17/h2-8,10,12H,9,11H2,1H3,(H2,22,23,26). The fourth-order valence-electron chi connectivity index (χ4n) is 3.30. The topological polar surface area (TPSA) is 74.3 Å². The molecule has 2 heterocycles. The maximum absolute atomic E-state index is 12.4. The van der Waals surface area contributed by atoms with Gasteiger partial charge in [-0.2, -0.15) is 0 Å². The van der Waals surface area contributed by atoms with E-state index in [0.29, 0.717) is 17.9 Å². The number of rotatable bonds is 2. The first kappa shape index (κ1) is 16.1. The van der Waals surface area contributed by atoms with Crippen molar-refractivity contribution in [1.82, 2.24) is 4.98 Å². The highest BCUT2D eigenvalue weighted by Gasteiger charge is 2.22. The van der Waals surface area contributed by atoms with Crippen molar-refractivity contribution in [2.75, 3.05) is 22.1 Å². The molecule has 0 spiro atoms. The van der Waals surface area contributed by atoms with Crippen molar-refractivity contribution >= 4 is 39.9 Å². The molecule has 1 aromatic heterocycles. The van der Waals surface area contributed by atoms with Gasteiger partial charge in [-0.3, -0.25) is 9.78 Å². The molecule has 6 nitrogen and oxygen atoms in total. The molecule has 26 heavy (non-hydrogen) atoms. The summed E-state index contributed by atoms with van der Waals surface area (Å²) in [6.07, 6.45) is 2.49. The molecule has 1 aliphatic heterocycles. The van der Waals surface area contributed by atoms with Gasteiger partial charge in [0.1, 0.15) is 0 Å². The van der Waals surface area contributed by atoms with Gasteiger partial charge in [0.2, 0.25) is 5.91 Å². The largest absolute Gasteiger partial charge is 0.323 e. The summed E-state index contributed by atoms with van der Waals surface area (Å²) in [6, 6.07) is 14.7. The third kappa shape index (κ3) is 2.97. The molecule has 130 valence electrons. The van der Waals surface area contributed by atoms with Gasteiger partial charge in [0, 0.05) is 36.4 Å². The maximum atomic E-state index is 12.4. The molecule has 0 saturated heterocycles. The number of urea groups is 1. The second kappa shape index (κ2) is 6.48. The third-order valence-electron chi connectivity index (χ3n) is 4.49. The van der Waals surface area contributed by atoms with Crippen molar-refractivity contribution in [2.45, 2.75) is 13.3 Å². The Morgan fingerprint density at radius 1 is 1.08 bits per heavy atom. The summed E-state index contributed by atoms with van der Waals surface area (Å²) >= 11 is 0. The van der Waals surface area contributed by atoms with Crippen LogP contribution in [-0.4, -0.2) is 23.5 Å². The van der Waals surface area contributed by atoms with E-state index in [0.717, 1.165) is 28.6 Å². The van der Waals surface area contributed by atoms with Crippen LogP contribution in [0.15, 0.2) is 54.7 Å². The van der Waals surface area contributed by atoms with Gasteiger partial charge in [-0.15, -0.1) is 0 Å². The molecule has 0 unspecified atom stereocenters. The number of hydrogen-bond acceptors (Lipinski definition) is 3. The van der Waals surface area contributed by atoms with Crippen molar-refractivity contribution in [2.24, 2.45) is 0 Å². The van der Waals surface area contributed by atoms with E-state index in [-0.39, 0.29) is 11.9 Å². The van der Waals surface area contributed by atoms with Crippen molar-refractivity contribution in [1.29, 1.82) is 0 Å². The maximum Gasteiger partial charge on any atom is 0.323 e. The van der Waals surface area contributed by atoms with Crippen LogP contribution in [-0.2, 0) is 11.2 Å². The van der Waals surface area contributed by atoms with E-state index in [1.807, 2.05) is 42.5 Å². The number of nitrogens with one attached hydrogen (secondary N) is 2. The highest BCUT2D eigenvalue weighted by atomic mass is 16.2. The first-order valence-electron chi connectivity index (χ1n) is 8.44. The number of carbonyl (C=O) groups excluding carboxylic acids is 2. The number of anilines is 3. The Kier molecular flexibility index (Phi) is 4.01. The highest BCUT2D eigenvalue weighted by Crippen LogP contribution is 2.30. The summed E-state index contributed by atoms with van der Waals surface area (Å²) in [6.45, 7) is 2.24. The van der Waals surface area contributed by atoms with Crippen LogP contribution >= 0.6 is 0 Å². The molecular weight excluding hydrogens is 328 g/mol. The molecule has 3 amide bonds. The van der Waals surface area contributed by atoms with Gasteiger partial charge < -0.3 is 15.5 Å². The van der Waals surface area contributed by atoms with Gasteiger partial charge in [-0.05, 0) is 42.3 Å². The fraction of sp³-hybridized carbons (Fsp3) is 0.150. The van der Waals surface area contributed by atoms with Crippen molar-refractivity contribution in [3.05, 3.63) is 60.3 Å². The number of para-hydroxylation sites is 1. The predicted molar refractivity (Wildman–Crippen MR) is 103 cm³/mol. The van der Waals surface area contributed by atoms with E-state index in [1.165, 1.54) is 0 Å². The van der Waals surface area contributed by atoms with Crippen LogP contribution in [0.1, 0.15) is 12.5 Å². The smallest absolute Gasteiger partial charge is 0.312 e. The number of aromatic nitrogens is 1. The zero-order valence-electron chi connectivity index (χ0n) is 14.3. The summed E-state index contributed by atoms with van der Waals surface area (Å²) in [7, 11) is 0. The minimum atomic E-state index is -0.329. The number of fused-ring (bicyclic) bond motifs is 2. The van der Waals surface area contributed by atoms with Gasteiger partial charge >= 0.3 is 6.03 Å². The van der Waals surface area contributed by atoms with Gasteiger partial charge in [0.25, 0.3) is 0 Å². The van der Waals surface area contributed by atoms with Gasteiger partial charge in [0.15, 0.2) is 0 Å². The monoisotopic (exact) mass is 346 g/mol. The van der Waals surface area contributed by atoms with Crippen LogP contribution in [0.4, 0.5) is 21.9 Å². The van der Waals surface area contributed by atoms with Gasteiger partial charge in [0.05, 0.1) is 11.2 Å². The molecule has 0 aliphatic carbocycles. The third-order valence-corrected chi connectivity index (χ3v) is 4.49. The summed E-state index contributed by atoms with van der Waals surface area (Å²) in [5.41, 5.74) is 4.08. The summed E-state index contributed by atoms with van der Waals surface area (Å²) in [5, 5.41) is 6.66. The quantitative estimate of drug-likeness (QED) is 0.741. The number of amides is 3. The second-order valence-corrected chi connectivity index (χ2v) is 6.22. The van der Waals surface area contributed by atoms with E-state index in [9.17, 15) is 9.59 Å². The Bertz CT molecular complexity index is 1010. The number of pyridine rings is 1. The Balaban J connectivity index is 1.51. The first-order chi connectivity index (χ1) is 12.6.